The SMILES string of the molecule is Cc1nc(C(C)C)c(C(C)C)[n-]1.[V]. The number of aryl methyl sites for hydroxylation is 1. The molecular formula is C10H17N2V-. The molecule has 1 aromatic heterocycles. The number of hydrogen-bond acceptors (Lipinski definition) is 1. The van der Waals surface area contributed by atoms with Gasteiger partial charge in [-0.05, 0) is 18.8 Å². The normalized spacial score (nSPS) is 10.7. The average Bonchev–Trinajstić information content (AvgIpc) is 2.31. The molecule has 0 bridgehead atoms. The van der Waals surface area contributed by atoms with Crippen molar-refractivity contribution in [3.05, 3.63) is 17.2 Å². The number of rotatable bonds is 2. The molecule has 1 aromatic rings. The maximum atomic E-state index is 4.42. The first-order valence-electron chi connectivity index (χ1n) is 4.53. The summed E-state index contributed by atoms with van der Waals surface area (Å²) in [5.41, 5.74) is 2.34. The fourth-order valence-corrected chi connectivity index (χ4v) is 1.34. The van der Waals surface area contributed by atoms with Crippen LogP contribution in [-0.4, -0.2) is 4.98 Å². The van der Waals surface area contributed by atoms with E-state index in [1.807, 2.05) is 6.92 Å². The Bertz CT molecular complexity index is 238. The van der Waals surface area contributed by atoms with Crippen molar-refractivity contribution in [2.24, 2.45) is 0 Å². The zero-order valence-electron chi connectivity index (χ0n) is 9.00. The Kier molecular flexibility index (Phi) is 4.80. The summed E-state index contributed by atoms with van der Waals surface area (Å²) >= 11 is 0. The second-order valence-electron chi connectivity index (χ2n) is 3.85. The Labute approximate surface area is 92.4 Å². The van der Waals surface area contributed by atoms with E-state index in [0.717, 1.165) is 5.82 Å². The molecule has 73 valence electrons. The van der Waals surface area contributed by atoms with Gasteiger partial charge in [-0.1, -0.05) is 44.9 Å². The Morgan fingerprint density at radius 1 is 1.08 bits per heavy atom. The van der Waals surface area contributed by atoms with Crippen molar-refractivity contribution in [3.63, 3.8) is 0 Å². The van der Waals surface area contributed by atoms with Crippen LogP contribution in [0.25, 0.3) is 0 Å². The summed E-state index contributed by atoms with van der Waals surface area (Å²) in [5.74, 6) is 1.88. The third-order valence-corrected chi connectivity index (χ3v) is 1.92. The Balaban J connectivity index is 0.00000144. The molecule has 0 fully saturated rings. The van der Waals surface area contributed by atoms with E-state index in [2.05, 4.69) is 37.7 Å². The summed E-state index contributed by atoms with van der Waals surface area (Å²) in [5, 5.41) is 0. The summed E-state index contributed by atoms with van der Waals surface area (Å²) in [6, 6.07) is 0. The van der Waals surface area contributed by atoms with Gasteiger partial charge in [0.2, 0.25) is 0 Å². The van der Waals surface area contributed by atoms with E-state index in [1.165, 1.54) is 11.4 Å². The van der Waals surface area contributed by atoms with Crippen LogP contribution < -0.4 is 4.98 Å². The predicted octanol–water partition coefficient (Wildman–Crippen LogP) is 2.59. The van der Waals surface area contributed by atoms with E-state index < -0.39 is 0 Å². The maximum absolute atomic E-state index is 4.42. The Morgan fingerprint density at radius 3 is 1.92 bits per heavy atom. The van der Waals surface area contributed by atoms with E-state index in [0.29, 0.717) is 11.8 Å². The zero-order valence-corrected chi connectivity index (χ0v) is 10.4. The second-order valence-corrected chi connectivity index (χ2v) is 3.85. The molecule has 1 radical (unpaired) electrons. The van der Waals surface area contributed by atoms with E-state index in [1.54, 1.807) is 0 Å². The van der Waals surface area contributed by atoms with Gasteiger partial charge in [0.1, 0.15) is 0 Å². The first kappa shape index (κ1) is 12.8. The summed E-state index contributed by atoms with van der Waals surface area (Å²) in [7, 11) is 0. The fourth-order valence-electron chi connectivity index (χ4n) is 1.34. The van der Waals surface area contributed by atoms with Gasteiger partial charge in [-0.15, -0.1) is 0 Å². The maximum Gasteiger partial charge on any atom is 0 e. The first-order valence-corrected chi connectivity index (χ1v) is 4.53. The van der Waals surface area contributed by atoms with Crippen LogP contribution in [0.1, 0.15) is 56.7 Å². The summed E-state index contributed by atoms with van der Waals surface area (Å²) in [6.45, 7) is 10.6. The number of imidazole rings is 1. The molecule has 0 aliphatic rings. The van der Waals surface area contributed by atoms with Gasteiger partial charge in [-0.25, -0.2) is 0 Å². The zero-order chi connectivity index (χ0) is 9.30. The standard InChI is InChI=1S/C10H17N2.V/c1-6(2)9-10(7(3)4)12-8(5)11-9;/h6-7H,1-5H3;/q-1;. The van der Waals surface area contributed by atoms with Gasteiger partial charge < -0.3 is 9.97 Å². The molecule has 0 amide bonds. The van der Waals surface area contributed by atoms with Crippen molar-refractivity contribution in [2.45, 2.75) is 46.5 Å². The quantitative estimate of drug-likeness (QED) is 0.759. The molecule has 0 aliphatic heterocycles. The minimum atomic E-state index is 0. The van der Waals surface area contributed by atoms with Crippen LogP contribution in [0.3, 0.4) is 0 Å². The molecule has 0 unspecified atom stereocenters. The van der Waals surface area contributed by atoms with E-state index in [-0.39, 0.29) is 18.6 Å². The smallest absolute Gasteiger partial charge is 0 e. The topological polar surface area (TPSA) is 27.0 Å². The monoisotopic (exact) mass is 216 g/mol. The van der Waals surface area contributed by atoms with Crippen molar-refractivity contribution in [2.75, 3.05) is 0 Å². The van der Waals surface area contributed by atoms with Crippen molar-refractivity contribution >= 4 is 0 Å². The van der Waals surface area contributed by atoms with Gasteiger partial charge in [-0.3, -0.25) is 0 Å². The fraction of sp³-hybridized carbons (Fsp3) is 0.700. The third kappa shape index (κ3) is 2.89. The van der Waals surface area contributed by atoms with Gasteiger partial charge in [0.05, 0.1) is 0 Å². The van der Waals surface area contributed by atoms with Gasteiger partial charge in [-0.2, -0.15) is 0 Å². The van der Waals surface area contributed by atoms with Crippen LogP contribution in [-0.2, 0) is 18.6 Å². The average molecular weight is 216 g/mol. The van der Waals surface area contributed by atoms with Crippen LogP contribution in [0.15, 0.2) is 0 Å². The van der Waals surface area contributed by atoms with Gasteiger partial charge in [0.15, 0.2) is 0 Å². The first-order chi connectivity index (χ1) is 5.52. The van der Waals surface area contributed by atoms with Crippen molar-refractivity contribution in [1.82, 2.24) is 9.97 Å². The number of aromatic nitrogens is 2. The van der Waals surface area contributed by atoms with E-state index in [4.69, 9.17) is 0 Å². The summed E-state index contributed by atoms with van der Waals surface area (Å²) in [4.78, 5) is 8.84. The van der Waals surface area contributed by atoms with Crippen LogP contribution in [0.5, 0.6) is 0 Å². The summed E-state index contributed by atoms with van der Waals surface area (Å²) < 4.78 is 0. The van der Waals surface area contributed by atoms with Crippen LogP contribution in [0.2, 0.25) is 0 Å². The Morgan fingerprint density at radius 2 is 1.62 bits per heavy atom. The molecule has 1 heterocycles. The third-order valence-electron chi connectivity index (χ3n) is 1.92. The van der Waals surface area contributed by atoms with E-state index in [9.17, 15) is 0 Å². The van der Waals surface area contributed by atoms with Crippen molar-refractivity contribution < 1.29 is 18.6 Å². The number of hydrogen-bond donors (Lipinski definition) is 0. The molecule has 3 heteroatoms. The van der Waals surface area contributed by atoms with Gasteiger partial charge in [0, 0.05) is 18.6 Å². The molecule has 0 atom stereocenters. The molecule has 0 saturated carbocycles. The van der Waals surface area contributed by atoms with Crippen molar-refractivity contribution in [1.29, 1.82) is 0 Å². The van der Waals surface area contributed by atoms with Crippen LogP contribution in [0, 0.1) is 6.92 Å². The Hall–Kier alpha value is -0.206. The second kappa shape index (κ2) is 4.87. The van der Waals surface area contributed by atoms with Gasteiger partial charge >= 0.3 is 0 Å². The molecule has 1 rings (SSSR count). The summed E-state index contributed by atoms with van der Waals surface area (Å²) in [6.07, 6.45) is 0. The van der Waals surface area contributed by atoms with E-state index >= 15 is 0 Å². The molecule has 0 N–H and O–H groups in total. The largest absolute Gasteiger partial charge is 0.443 e. The molecule has 0 spiro atoms. The molecule has 0 aliphatic carbocycles. The number of nitrogens with zero attached hydrogens (tertiary/aromatic N) is 2. The van der Waals surface area contributed by atoms with Gasteiger partial charge in [0.25, 0.3) is 0 Å². The van der Waals surface area contributed by atoms with Crippen LogP contribution in [0.4, 0.5) is 0 Å². The molecule has 2 nitrogen and oxygen atoms in total. The van der Waals surface area contributed by atoms with Crippen LogP contribution >= 0.6 is 0 Å². The minimum Gasteiger partial charge on any atom is -0.443 e. The molecule has 0 aromatic carbocycles. The molecular weight excluding hydrogens is 199 g/mol. The minimum absolute atomic E-state index is 0. The molecule has 13 heavy (non-hydrogen) atoms. The van der Waals surface area contributed by atoms with Crippen molar-refractivity contribution in [3.8, 4) is 0 Å². The molecule has 0 saturated heterocycles. The predicted molar refractivity (Wildman–Crippen MR) is 50.5 cm³/mol.